The quantitative estimate of drug-likeness (QED) is 0.0731. The maximum Gasteiger partial charge on any atom is 0.235 e. The molecule has 6 nitrogen and oxygen atoms in total. The van der Waals surface area contributed by atoms with Gasteiger partial charge in [-0.25, -0.2) is 8.78 Å². The molecule has 8 heteroatoms. The minimum Gasteiger partial charge on any atom is -0.458 e. The molecule has 288 valence electrons. The van der Waals surface area contributed by atoms with Crippen molar-refractivity contribution < 1.29 is 38.0 Å². The monoisotopic (exact) mass is 724 g/mol. The van der Waals surface area contributed by atoms with Crippen molar-refractivity contribution in [1.29, 1.82) is 0 Å². The van der Waals surface area contributed by atoms with E-state index in [4.69, 9.17) is 19.3 Å². The fraction of sp³-hybridized carbons (Fsp3) is 0.523. The Bertz CT molecular complexity index is 1540. The zero-order valence-corrected chi connectivity index (χ0v) is 32.8. The van der Waals surface area contributed by atoms with Gasteiger partial charge in [0, 0.05) is 37.9 Å². The van der Waals surface area contributed by atoms with E-state index in [0.29, 0.717) is 31.4 Å². The molecular formula is C44H62F2O6. The van der Waals surface area contributed by atoms with Gasteiger partial charge >= 0.3 is 0 Å². The number of carbonyl (C=O) groups excluding carboxylic acids is 1. The largest absolute Gasteiger partial charge is 0.458 e. The van der Waals surface area contributed by atoms with Crippen molar-refractivity contribution in [3.05, 3.63) is 105 Å². The summed E-state index contributed by atoms with van der Waals surface area (Å²) in [6.07, 6.45) is 13.6. The van der Waals surface area contributed by atoms with E-state index in [9.17, 15) is 14.3 Å². The van der Waals surface area contributed by atoms with Crippen LogP contribution in [0.5, 0.6) is 5.75 Å². The maximum atomic E-state index is 15.2. The number of hydrogen-bond donors (Lipinski definition) is 2. The Balaban J connectivity index is 0.000000557. The predicted molar refractivity (Wildman–Crippen MR) is 208 cm³/mol. The van der Waals surface area contributed by atoms with Crippen molar-refractivity contribution in [2.45, 2.75) is 132 Å². The third-order valence-electron chi connectivity index (χ3n) is 9.17. The molecule has 1 aliphatic heterocycles. The predicted octanol–water partition coefficient (Wildman–Crippen LogP) is 10.4. The number of ether oxygens (including phenoxy) is 3. The van der Waals surface area contributed by atoms with Gasteiger partial charge in [-0.15, -0.1) is 0 Å². The van der Waals surface area contributed by atoms with Crippen LogP contribution in [0.2, 0.25) is 0 Å². The first-order valence-corrected chi connectivity index (χ1v) is 18.8. The van der Waals surface area contributed by atoms with Crippen molar-refractivity contribution in [2.75, 3.05) is 13.2 Å². The first kappa shape index (κ1) is 44.7. The molecular weight excluding hydrogens is 662 g/mol. The number of Topliss-reactive ketones (excluding diaryl/α,β-unsaturated/α-hetero) is 1. The Hall–Kier alpha value is -3.43. The SMILES string of the molecule is C/C=C(\C(C)=C\CC)C(/C=C\Cc1ccc(C(C)=O)c(CC)c1)/C(=C\C)c1ccc(OC(C)F)c(F)c1C.CCCCOC1CC(O)CC(CO)O1. The molecule has 1 fully saturated rings. The number of carbonyl (C=O) groups is 1. The van der Waals surface area contributed by atoms with E-state index in [-0.39, 0.29) is 36.5 Å². The number of aliphatic hydroxyl groups is 2. The lowest BCUT2D eigenvalue weighted by atomic mass is 9.81. The molecule has 1 saturated heterocycles. The molecule has 2 aromatic rings. The lowest BCUT2D eigenvalue weighted by molar-refractivity contribution is -0.221. The van der Waals surface area contributed by atoms with Crippen LogP contribution in [0.15, 0.2) is 71.9 Å². The van der Waals surface area contributed by atoms with Gasteiger partial charge in [0.25, 0.3) is 0 Å². The summed E-state index contributed by atoms with van der Waals surface area (Å²) in [7, 11) is 0. The van der Waals surface area contributed by atoms with E-state index in [1.807, 2.05) is 38.1 Å². The molecule has 0 bridgehead atoms. The zero-order chi connectivity index (χ0) is 38.8. The Morgan fingerprint density at radius 1 is 1.08 bits per heavy atom. The summed E-state index contributed by atoms with van der Waals surface area (Å²) < 4.78 is 44.5. The van der Waals surface area contributed by atoms with Gasteiger partial charge in [0.15, 0.2) is 23.6 Å². The van der Waals surface area contributed by atoms with Gasteiger partial charge in [-0.3, -0.25) is 4.79 Å². The summed E-state index contributed by atoms with van der Waals surface area (Å²) in [4.78, 5) is 11.9. The van der Waals surface area contributed by atoms with Crippen LogP contribution in [0.25, 0.3) is 5.57 Å². The minimum atomic E-state index is -1.60. The lowest BCUT2D eigenvalue weighted by Crippen LogP contribution is -2.39. The van der Waals surface area contributed by atoms with Gasteiger partial charge < -0.3 is 24.4 Å². The van der Waals surface area contributed by atoms with Gasteiger partial charge in [0.2, 0.25) is 6.36 Å². The first-order valence-electron chi connectivity index (χ1n) is 18.8. The average molecular weight is 725 g/mol. The summed E-state index contributed by atoms with van der Waals surface area (Å²) >= 11 is 0. The van der Waals surface area contributed by atoms with Crippen LogP contribution >= 0.6 is 0 Å². The maximum absolute atomic E-state index is 15.2. The number of ketones is 1. The number of aliphatic hydroxyl groups excluding tert-OH is 2. The fourth-order valence-electron chi connectivity index (χ4n) is 6.47. The Morgan fingerprint density at radius 3 is 2.37 bits per heavy atom. The van der Waals surface area contributed by atoms with Crippen LogP contribution in [0.1, 0.15) is 120 Å². The molecule has 1 heterocycles. The van der Waals surface area contributed by atoms with E-state index in [1.165, 1.54) is 18.6 Å². The summed E-state index contributed by atoms with van der Waals surface area (Å²) in [5.74, 6) is -0.662. The van der Waals surface area contributed by atoms with Crippen molar-refractivity contribution in [2.24, 2.45) is 5.92 Å². The summed E-state index contributed by atoms with van der Waals surface area (Å²) in [5, 5.41) is 18.4. The molecule has 0 aromatic heterocycles. The highest BCUT2D eigenvalue weighted by atomic mass is 19.1. The third kappa shape index (κ3) is 13.5. The second kappa shape index (κ2) is 23.3. The molecule has 5 atom stereocenters. The number of halogens is 2. The number of benzene rings is 2. The zero-order valence-electron chi connectivity index (χ0n) is 32.8. The van der Waals surface area contributed by atoms with Crippen molar-refractivity contribution >= 4 is 11.4 Å². The Morgan fingerprint density at radius 2 is 1.79 bits per heavy atom. The second-order valence-corrected chi connectivity index (χ2v) is 13.2. The van der Waals surface area contributed by atoms with Crippen LogP contribution in [-0.4, -0.2) is 54.1 Å². The molecule has 0 amide bonds. The van der Waals surface area contributed by atoms with Crippen molar-refractivity contribution in [3.8, 4) is 5.75 Å². The van der Waals surface area contributed by atoms with E-state index in [1.54, 1.807) is 13.8 Å². The smallest absolute Gasteiger partial charge is 0.235 e. The molecule has 5 unspecified atom stereocenters. The van der Waals surface area contributed by atoms with Crippen LogP contribution < -0.4 is 4.74 Å². The van der Waals surface area contributed by atoms with Gasteiger partial charge in [-0.2, -0.15) is 0 Å². The van der Waals surface area contributed by atoms with Crippen molar-refractivity contribution in [1.82, 2.24) is 0 Å². The van der Waals surface area contributed by atoms with Crippen molar-refractivity contribution in [3.63, 3.8) is 0 Å². The van der Waals surface area contributed by atoms with Crippen LogP contribution in [0, 0.1) is 18.7 Å². The van der Waals surface area contributed by atoms with Crippen LogP contribution in [0.3, 0.4) is 0 Å². The number of alkyl halides is 1. The summed E-state index contributed by atoms with van der Waals surface area (Å²) in [6.45, 7) is 17.5. The Labute approximate surface area is 311 Å². The molecule has 3 rings (SSSR count). The number of aryl methyl sites for hydroxylation is 1. The lowest BCUT2D eigenvalue weighted by Gasteiger charge is -2.31. The highest BCUT2D eigenvalue weighted by Crippen LogP contribution is 2.38. The van der Waals surface area contributed by atoms with Gasteiger partial charge in [-0.1, -0.05) is 87.4 Å². The van der Waals surface area contributed by atoms with Gasteiger partial charge in [0.05, 0.1) is 18.8 Å². The normalized spacial score (nSPS) is 19.6. The molecule has 2 N–H and O–H groups in total. The molecule has 52 heavy (non-hydrogen) atoms. The number of allylic oxidation sites excluding steroid dienone is 8. The number of hydrogen-bond acceptors (Lipinski definition) is 6. The summed E-state index contributed by atoms with van der Waals surface area (Å²) in [6, 6.07) is 9.35. The minimum absolute atomic E-state index is 0.0509. The molecule has 0 saturated carbocycles. The number of unbranched alkanes of at least 4 members (excludes halogenated alkanes) is 1. The van der Waals surface area contributed by atoms with Gasteiger partial charge in [0.1, 0.15) is 0 Å². The standard InChI is InChI=1S/C34H42F2O2.C10H20O4/c1-9-14-22(5)28(11-3)32(16-13-15-26-17-18-31(24(7)37)27(10-2)21-26)29(12-4)30-19-20-33(38-25(8)35)34(36)23(30)6;1-2-3-4-13-10-6-8(12)5-9(7-11)14-10/h11-14,16-21,25,32H,9-10,15H2,1-8H3;8-12H,2-7H2,1H3/b16-13-,22-14+,28-11+,29-12-;. The highest BCUT2D eigenvalue weighted by molar-refractivity contribution is 5.95. The van der Waals surface area contributed by atoms with Gasteiger partial charge in [-0.05, 0) is 99.8 Å². The molecule has 0 aliphatic carbocycles. The molecule has 0 spiro atoms. The topological polar surface area (TPSA) is 85.2 Å². The van der Waals surface area contributed by atoms with E-state index >= 15 is 4.39 Å². The fourth-order valence-corrected chi connectivity index (χ4v) is 6.47. The Kier molecular flexibility index (Phi) is 20.0. The molecule has 0 radical (unpaired) electrons. The summed E-state index contributed by atoms with van der Waals surface area (Å²) in [5.41, 5.74) is 7.45. The third-order valence-corrected chi connectivity index (χ3v) is 9.17. The number of rotatable bonds is 17. The van der Waals surface area contributed by atoms with Crippen LogP contribution in [0.4, 0.5) is 8.78 Å². The molecule has 1 aliphatic rings. The highest BCUT2D eigenvalue weighted by Gasteiger charge is 2.28. The first-order chi connectivity index (χ1) is 24.8. The van der Waals surface area contributed by atoms with E-state index in [0.717, 1.165) is 59.1 Å². The van der Waals surface area contributed by atoms with E-state index in [2.05, 4.69) is 58.1 Å². The second-order valence-electron chi connectivity index (χ2n) is 13.2. The van der Waals surface area contributed by atoms with Crippen LogP contribution in [-0.2, 0) is 22.3 Å². The van der Waals surface area contributed by atoms with E-state index < -0.39 is 18.3 Å². The average Bonchev–Trinajstić information content (AvgIpc) is 3.11. The molecule has 2 aromatic carbocycles.